The van der Waals surface area contributed by atoms with E-state index in [2.05, 4.69) is 0 Å². The maximum Gasteiger partial charge on any atom is 0.338 e. The van der Waals surface area contributed by atoms with Crippen LogP contribution in [0.4, 0.5) is 10.1 Å². The Labute approximate surface area is 122 Å². The van der Waals surface area contributed by atoms with E-state index in [9.17, 15) is 19.3 Å². The number of nitro benzene ring substituents is 1. The van der Waals surface area contributed by atoms with Crippen LogP contribution in [-0.4, -0.2) is 16.0 Å². The second-order valence-electron chi connectivity index (χ2n) is 3.92. The van der Waals surface area contributed by atoms with Gasteiger partial charge in [0, 0.05) is 23.2 Å². The van der Waals surface area contributed by atoms with Crippen LogP contribution in [0.15, 0.2) is 36.4 Å². The predicted molar refractivity (Wildman–Crippen MR) is 71.5 cm³/mol. The molecular formula is C13H7ClFNO5. The van der Waals surface area contributed by atoms with E-state index in [0.717, 1.165) is 18.2 Å². The second-order valence-corrected chi connectivity index (χ2v) is 4.35. The van der Waals surface area contributed by atoms with E-state index in [1.807, 2.05) is 0 Å². The zero-order valence-electron chi connectivity index (χ0n) is 10.2. The van der Waals surface area contributed by atoms with Gasteiger partial charge < -0.3 is 9.84 Å². The lowest BCUT2D eigenvalue weighted by atomic mass is 10.2. The minimum atomic E-state index is -1.42. The topological polar surface area (TPSA) is 89.7 Å². The first kappa shape index (κ1) is 14.7. The van der Waals surface area contributed by atoms with Gasteiger partial charge >= 0.3 is 11.7 Å². The Hall–Kier alpha value is -2.67. The van der Waals surface area contributed by atoms with Gasteiger partial charge in [-0.05, 0) is 18.2 Å². The highest BCUT2D eigenvalue weighted by Gasteiger charge is 2.17. The fourth-order valence-corrected chi connectivity index (χ4v) is 1.74. The molecule has 0 aromatic heterocycles. The molecule has 0 bridgehead atoms. The van der Waals surface area contributed by atoms with E-state index >= 15 is 0 Å². The van der Waals surface area contributed by atoms with Gasteiger partial charge in [-0.25, -0.2) is 9.18 Å². The predicted octanol–water partition coefficient (Wildman–Crippen LogP) is 3.88. The van der Waals surface area contributed by atoms with Crippen LogP contribution in [0, 0.1) is 15.9 Å². The minimum Gasteiger partial charge on any atom is -0.478 e. The molecule has 21 heavy (non-hydrogen) atoms. The average Bonchev–Trinajstić information content (AvgIpc) is 2.37. The van der Waals surface area contributed by atoms with Crippen molar-refractivity contribution in [1.29, 1.82) is 0 Å². The molecule has 8 heteroatoms. The molecule has 0 saturated carbocycles. The summed E-state index contributed by atoms with van der Waals surface area (Å²) in [5.74, 6) is -2.68. The lowest BCUT2D eigenvalue weighted by Crippen LogP contribution is -2.00. The van der Waals surface area contributed by atoms with E-state index < -0.39 is 22.3 Å². The summed E-state index contributed by atoms with van der Waals surface area (Å²) < 4.78 is 18.7. The van der Waals surface area contributed by atoms with Gasteiger partial charge in [-0.1, -0.05) is 11.6 Å². The van der Waals surface area contributed by atoms with Crippen LogP contribution in [0.1, 0.15) is 10.4 Å². The monoisotopic (exact) mass is 311 g/mol. The van der Waals surface area contributed by atoms with Crippen LogP contribution in [0.3, 0.4) is 0 Å². The summed E-state index contributed by atoms with van der Waals surface area (Å²) in [4.78, 5) is 20.9. The van der Waals surface area contributed by atoms with Gasteiger partial charge in [0.15, 0.2) is 0 Å². The van der Waals surface area contributed by atoms with Gasteiger partial charge in [0.1, 0.15) is 11.6 Å². The van der Waals surface area contributed by atoms with E-state index in [0.29, 0.717) is 0 Å². The molecule has 0 fully saturated rings. The third-order valence-corrected chi connectivity index (χ3v) is 2.75. The molecule has 0 aliphatic heterocycles. The van der Waals surface area contributed by atoms with Crippen molar-refractivity contribution in [3.63, 3.8) is 0 Å². The number of carboxylic acids is 1. The molecule has 2 rings (SSSR count). The first-order chi connectivity index (χ1) is 9.88. The third-order valence-electron chi connectivity index (χ3n) is 2.52. The van der Waals surface area contributed by atoms with Crippen LogP contribution in [0.5, 0.6) is 11.5 Å². The number of ether oxygens (including phenoxy) is 1. The van der Waals surface area contributed by atoms with Crippen molar-refractivity contribution in [2.45, 2.75) is 0 Å². The number of hydrogen-bond acceptors (Lipinski definition) is 4. The molecule has 6 nitrogen and oxygen atoms in total. The number of carboxylic acid groups (broad SMARTS) is 1. The molecule has 0 aliphatic rings. The Kier molecular flexibility index (Phi) is 4.04. The van der Waals surface area contributed by atoms with E-state index in [1.54, 1.807) is 0 Å². The smallest absolute Gasteiger partial charge is 0.338 e. The van der Waals surface area contributed by atoms with Crippen molar-refractivity contribution in [2.24, 2.45) is 0 Å². The average molecular weight is 312 g/mol. The van der Waals surface area contributed by atoms with E-state index in [-0.39, 0.29) is 22.2 Å². The van der Waals surface area contributed by atoms with Crippen LogP contribution in [0.25, 0.3) is 0 Å². The van der Waals surface area contributed by atoms with Crippen LogP contribution in [-0.2, 0) is 0 Å². The van der Waals surface area contributed by atoms with Gasteiger partial charge in [0.25, 0.3) is 0 Å². The number of nitrogens with zero attached hydrogens (tertiary/aromatic N) is 1. The summed E-state index contributed by atoms with van der Waals surface area (Å²) in [7, 11) is 0. The number of benzene rings is 2. The largest absolute Gasteiger partial charge is 0.478 e. The molecule has 2 aromatic carbocycles. The first-order valence-electron chi connectivity index (χ1n) is 5.53. The molecule has 0 heterocycles. The van der Waals surface area contributed by atoms with Gasteiger partial charge in [-0.3, -0.25) is 10.1 Å². The Bertz CT molecular complexity index is 734. The summed E-state index contributed by atoms with van der Waals surface area (Å²) >= 11 is 5.73. The maximum absolute atomic E-state index is 13.5. The quantitative estimate of drug-likeness (QED) is 0.683. The number of nitro groups is 1. The van der Waals surface area contributed by atoms with Crippen molar-refractivity contribution in [1.82, 2.24) is 0 Å². The molecule has 0 saturated heterocycles. The van der Waals surface area contributed by atoms with Gasteiger partial charge in [-0.15, -0.1) is 0 Å². The van der Waals surface area contributed by atoms with Crippen molar-refractivity contribution in [3.05, 3.63) is 62.9 Å². The summed E-state index contributed by atoms with van der Waals surface area (Å²) in [5.41, 5.74) is -0.870. The number of rotatable bonds is 4. The van der Waals surface area contributed by atoms with E-state index in [4.69, 9.17) is 21.4 Å². The summed E-state index contributed by atoms with van der Waals surface area (Å²) in [6, 6.07) is 6.71. The molecular weight excluding hydrogens is 305 g/mol. The molecule has 2 aromatic rings. The van der Waals surface area contributed by atoms with Gasteiger partial charge in [0.05, 0.1) is 10.5 Å². The minimum absolute atomic E-state index is 0.0807. The number of hydrogen-bond donors (Lipinski definition) is 1. The van der Waals surface area contributed by atoms with Crippen molar-refractivity contribution in [3.8, 4) is 11.5 Å². The molecule has 0 aliphatic carbocycles. The zero-order valence-corrected chi connectivity index (χ0v) is 11.0. The van der Waals surface area contributed by atoms with Crippen molar-refractivity contribution < 1.29 is 24.0 Å². The lowest BCUT2D eigenvalue weighted by molar-refractivity contribution is -0.385. The third kappa shape index (κ3) is 3.26. The highest BCUT2D eigenvalue weighted by atomic mass is 35.5. The van der Waals surface area contributed by atoms with Gasteiger partial charge in [-0.2, -0.15) is 0 Å². The second kappa shape index (κ2) is 5.76. The fourth-order valence-electron chi connectivity index (χ4n) is 1.58. The normalized spacial score (nSPS) is 10.2. The number of carbonyl (C=O) groups is 1. The Balaban J connectivity index is 2.38. The number of aromatic carboxylic acids is 1. The van der Waals surface area contributed by atoms with Crippen LogP contribution >= 0.6 is 11.6 Å². The molecule has 108 valence electrons. The molecule has 0 atom stereocenters. The molecule has 0 radical (unpaired) electrons. The Morgan fingerprint density at radius 3 is 2.57 bits per heavy atom. The maximum atomic E-state index is 13.5. The Morgan fingerprint density at radius 2 is 2.00 bits per heavy atom. The van der Waals surface area contributed by atoms with Crippen LogP contribution in [0.2, 0.25) is 5.02 Å². The summed E-state index contributed by atoms with van der Waals surface area (Å²) in [6.07, 6.45) is 0. The van der Waals surface area contributed by atoms with Crippen molar-refractivity contribution >= 4 is 23.3 Å². The summed E-state index contributed by atoms with van der Waals surface area (Å²) in [5, 5.41) is 19.8. The summed E-state index contributed by atoms with van der Waals surface area (Å²) in [6.45, 7) is 0. The fraction of sp³-hybridized carbons (Fsp3) is 0. The highest BCUT2D eigenvalue weighted by Crippen LogP contribution is 2.34. The van der Waals surface area contributed by atoms with Crippen molar-refractivity contribution in [2.75, 3.05) is 0 Å². The molecule has 0 spiro atoms. The standard InChI is InChI=1S/C13H7ClFNO5/c14-7-1-4-11(16(19)20)12(5-7)21-8-2-3-9(13(17)18)10(15)6-8/h1-6H,(H,17,18). The lowest BCUT2D eigenvalue weighted by Gasteiger charge is -2.07. The van der Waals surface area contributed by atoms with Gasteiger partial charge in [0.2, 0.25) is 5.75 Å². The van der Waals surface area contributed by atoms with E-state index in [1.165, 1.54) is 18.2 Å². The van der Waals surface area contributed by atoms with Crippen LogP contribution < -0.4 is 4.74 Å². The first-order valence-corrected chi connectivity index (χ1v) is 5.91. The molecule has 1 N–H and O–H groups in total. The Morgan fingerprint density at radius 1 is 1.29 bits per heavy atom. The molecule has 0 unspecified atom stereocenters. The zero-order chi connectivity index (χ0) is 15.6. The highest BCUT2D eigenvalue weighted by molar-refractivity contribution is 6.30. The SMILES string of the molecule is O=C(O)c1ccc(Oc2cc(Cl)ccc2[N+](=O)[O-])cc1F. The number of halogens is 2. The molecule has 0 amide bonds.